The maximum absolute atomic E-state index is 11.9. The van der Waals surface area contributed by atoms with E-state index in [1.807, 2.05) is 5.38 Å². The van der Waals surface area contributed by atoms with Crippen molar-refractivity contribution in [1.82, 2.24) is 15.3 Å². The molecule has 1 radical (unpaired) electrons. The number of amides is 2. The normalized spacial score (nSPS) is 10.5. The van der Waals surface area contributed by atoms with Gasteiger partial charge in [-0.3, -0.25) is 5.32 Å². The summed E-state index contributed by atoms with van der Waals surface area (Å²) >= 11 is 3.75. The van der Waals surface area contributed by atoms with Crippen LogP contribution in [0.2, 0.25) is 0 Å². The second-order valence-electron chi connectivity index (χ2n) is 4.56. The lowest BCUT2D eigenvalue weighted by atomic mass is 10.3. The van der Waals surface area contributed by atoms with Gasteiger partial charge in [-0.15, -0.1) is 17.9 Å². The quantitative estimate of drug-likeness (QED) is 0.326. The van der Waals surface area contributed by atoms with E-state index in [9.17, 15) is 4.79 Å². The minimum Gasteiger partial charge on any atom is -0.755 e. The number of nitrogens with one attached hydrogen (secondary N) is 3. The number of carbonyl (C=O) groups is 1. The summed E-state index contributed by atoms with van der Waals surface area (Å²) in [7, 11) is 0. The van der Waals surface area contributed by atoms with Crippen LogP contribution in [0.1, 0.15) is 19.8 Å². The number of thiophene rings is 1. The SMILES string of the molecule is C=CCNc1nc(NC(=O)NCCCC)c2scc([I-])c2n1. The van der Waals surface area contributed by atoms with Crippen LogP contribution in [0.4, 0.5) is 16.6 Å². The molecule has 2 rings (SSSR count). The van der Waals surface area contributed by atoms with Crippen molar-refractivity contribution in [3.8, 4) is 0 Å². The summed E-state index contributed by atoms with van der Waals surface area (Å²) in [5.41, 5.74) is 0.844. The Morgan fingerprint density at radius 2 is 2.32 bits per heavy atom. The van der Waals surface area contributed by atoms with Crippen molar-refractivity contribution in [2.24, 2.45) is 0 Å². The summed E-state index contributed by atoms with van der Waals surface area (Å²) in [4.78, 5) is 20.8. The molecule has 22 heavy (non-hydrogen) atoms. The highest BCUT2D eigenvalue weighted by molar-refractivity contribution is 7.17. The molecule has 0 unspecified atom stereocenters. The molecule has 0 aliphatic carbocycles. The van der Waals surface area contributed by atoms with E-state index in [-0.39, 0.29) is 6.03 Å². The summed E-state index contributed by atoms with van der Waals surface area (Å²) in [6, 6.07) is -0.244. The van der Waals surface area contributed by atoms with Crippen molar-refractivity contribution in [2.45, 2.75) is 19.8 Å². The zero-order valence-corrected chi connectivity index (χ0v) is 15.3. The third-order valence-corrected chi connectivity index (χ3v) is 5.05. The van der Waals surface area contributed by atoms with Crippen molar-refractivity contribution >= 4 is 39.4 Å². The van der Waals surface area contributed by atoms with E-state index in [2.05, 4.69) is 62.0 Å². The molecule has 6 nitrogen and oxygen atoms in total. The van der Waals surface area contributed by atoms with Gasteiger partial charge in [0.05, 0.1) is 10.2 Å². The van der Waals surface area contributed by atoms with Crippen LogP contribution in [0.25, 0.3) is 10.2 Å². The number of aromatic nitrogens is 2. The lowest BCUT2D eigenvalue weighted by Gasteiger charge is -2.10. The first kappa shape index (κ1) is 16.9. The fourth-order valence-corrected chi connectivity index (χ4v) is 3.51. The molecule has 0 atom stereocenters. The predicted molar refractivity (Wildman–Crippen MR) is 86.7 cm³/mol. The summed E-state index contributed by atoms with van der Waals surface area (Å²) in [6.45, 7) is 6.96. The van der Waals surface area contributed by atoms with Gasteiger partial charge < -0.3 is 33.2 Å². The Labute approximate surface area is 146 Å². The van der Waals surface area contributed by atoms with Crippen LogP contribution in [-0.4, -0.2) is 29.1 Å². The molecule has 2 aromatic heterocycles. The van der Waals surface area contributed by atoms with Gasteiger partial charge in [0.1, 0.15) is 0 Å². The fourth-order valence-electron chi connectivity index (χ4n) is 1.75. The molecule has 3 N–H and O–H groups in total. The lowest BCUT2D eigenvalue weighted by Crippen LogP contribution is -3.34. The number of halogens is 1. The van der Waals surface area contributed by atoms with Crippen LogP contribution in [0, 0.1) is 3.57 Å². The average molecular weight is 431 g/mol. The van der Waals surface area contributed by atoms with E-state index < -0.39 is 0 Å². The number of hydrogen-bond donors (Lipinski definition) is 3. The molecule has 0 saturated heterocycles. The highest BCUT2D eigenvalue weighted by atomic mass is 127. The molecule has 2 amide bonds. The molecule has 0 aromatic carbocycles. The Balaban J connectivity index is 2.22. The molecule has 119 valence electrons. The Morgan fingerprint density at radius 1 is 1.50 bits per heavy atom. The van der Waals surface area contributed by atoms with Crippen LogP contribution in [0.15, 0.2) is 18.0 Å². The summed E-state index contributed by atoms with van der Waals surface area (Å²) in [6.07, 6.45) is 3.73. The standard InChI is InChI=1S/C14H18IN5OS/c1-3-5-7-17-14(21)20-12-11-10(9(15)8-22-11)18-13(19-12)16-6-4-2/h4,8H,2-3,5-7H2,1H3,(H3,16,17,18,19,20,21)/q-1. The molecular formula is C14H18IN5OS-. The smallest absolute Gasteiger partial charge is 0.320 e. The molecule has 2 heterocycles. The van der Waals surface area contributed by atoms with E-state index in [0.29, 0.717) is 24.9 Å². The Bertz CT molecular complexity index is 673. The maximum atomic E-state index is 11.9. The van der Waals surface area contributed by atoms with E-state index in [1.165, 1.54) is 11.3 Å². The van der Waals surface area contributed by atoms with Gasteiger partial charge in [0.25, 0.3) is 0 Å². The zero-order chi connectivity index (χ0) is 15.9. The van der Waals surface area contributed by atoms with Gasteiger partial charge in [0.15, 0.2) is 5.82 Å². The first-order valence-electron chi connectivity index (χ1n) is 7.00. The van der Waals surface area contributed by atoms with Crippen LogP contribution >= 0.6 is 11.3 Å². The number of fused-ring (bicyclic) bond motifs is 1. The number of unbranched alkanes of at least 4 members (excludes halogenated alkanes) is 1. The third-order valence-electron chi connectivity index (χ3n) is 2.82. The van der Waals surface area contributed by atoms with Gasteiger partial charge in [-0.25, -0.2) is 9.78 Å². The summed E-state index contributed by atoms with van der Waals surface area (Å²) in [5, 5.41) is 10.7. The molecule has 0 spiro atoms. The summed E-state index contributed by atoms with van der Waals surface area (Å²) < 4.78 is 1.91. The molecule has 0 bridgehead atoms. The third kappa shape index (κ3) is 4.29. The molecule has 0 saturated carbocycles. The van der Waals surface area contributed by atoms with Crippen LogP contribution in [0.5, 0.6) is 0 Å². The molecule has 0 aliphatic rings. The number of hydrogen-bond acceptors (Lipinski definition) is 5. The van der Waals surface area contributed by atoms with Gasteiger partial charge in [0, 0.05) is 13.1 Å². The largest absolute Gasteiger partial charge is 0.755 e. The van der Waals surface area contributed by atoms with Crippen LogP contribution < -0.4 is 38.5 Å². The van der Waals surface area contributed by atoms with Crippen LogP contribution in [-0.2, 0) is 0 Å². The summed E-state index contributed by atoms with van der Waals surface area (Å²) in [5.74, 6) is 1.01. The van der Waals surface area contributed by atoms with E-state index in [1.54, 1.807) is 6.08 Å². The van der Waals surface area contributed by atoms with Gasteiger partial charge in [0.2, 0.25) is 5.95 Å². The monoisotopic (exact) mass is 431 g/mol. The first-order valence-corrected chi connectivity index (χ1v) is 8.96. The van der Waals surface area contributed by atoms with Gasteiger partial charge in [-0.1, -0.05) is 19.4 Å². The van der Waals surface area contributed by atoms with Crippen LogP contribution in [0.3, 0.4) is 0 Å². The number of rotatable bonds is 7. The second-order valence-corrected chi connectivity index (χ2v) is 6.60. The van der Waals surface area contributed by atoms with Gasteiger partial charge in [-0.05, 0) is 11.8 Å². The molecule has 8 heteroatoms. The zero-order valence-electron chi connectivity index (χ0n) is 12.3. The average Bonchev–Trinajstić information content (AvgIpc) is 2.87. The molecule has 0 fully saturated rings. The Kier molecular flexibility index (Phi) is 6.37. The fraction of sp³-hybridized carbons (Fsp3) is 0.357. The minimum atomic E-state index is -0.244. The highest BCUT2D eigenvalue weighted by Crippen LogP contribution is 2.27. The van der Waals surface area contributed by atoms with E-state index in [4.69, 9.17) is 0 Å². The number of anilines is 2. The predicted octanol–water partition coefficient (Wildman–Crippen LogP) is -0.0663. The van der Waals surface area contributed by atoms with Crippen molar-refractivity contribution in [2.75, 3.05) is 23.7 Å². The van der Waals surface area contributed by atoms with Crippen molar-refractivity contribution in [3.63, 3.8) is 0 Å². The van der Waals surface area contributed by atoms with E-state index >= 15 is 0 Å². The topological polar surface area (TPSA) is 78.9 Å². The lowest BCUT2D eigenvalue weighted by molar-refractivity contribution is -0.324. The van der Waals surface area contributed by atoms with Crippen molar-refractivity contribution in [3.05, 3.63) is 21.6 Å². The highest BCUT2D eigenvalue weighted by Gasteiger charge is 2.11. The number of carbonyl (C=O) groups excluding carboxylic acids is 1. The number of nitrogens with zero attached hydrogens (tertiary/aromatic N) is 2. The second kappa shape index (κ2) is 8.28. The number of urea groups is 1. The maximum Gasteiger partial charge on any atom is 0.320 e. The Hall–Kier alpha value is -1.42. The molecule has 2 aromatic rings. The first-order chi connectivity index (χ1) is 10.7. The Morgan fingerprint density at radius 3 is 3.05 bits per heavy atom. The minimum absolute atomic E-state index is 0.244. The molecule has 0 aliphatic heterocycles. The molecular weight excluding hydrogens is 413 g/mol. The van der Waals surface area contributed by atoms with Crippen molar-refractivity contribution < 1.29 is 27.4 Å². The van der Waals surface area contributed by atoms with Gasteiger partial charge >= 0.3 is 6.03 Å². The van der Waals surface area contributed by atoms with E-state index in [0.717, 1.165) is 26.6 Å². The van der Waals surface area contributed by atoms with Gasteiger partial charge in [-0.2, -0.15) is 8.55 Å². The van der Waals surface area contributed by atoms with Crippen molar-refractivity contribution in [1.29, 1.82) is 0 Å².